The van der Waals surface area contributed by atoms with Gasteiger partial charge in [0.05, 0.1) is 18.1 Å². The van der Waals surface area contributed by atoms with Gasteiger partial charge in [-0.2, -0.15) is 0 Å². The van der Waals surface area contributed by atoms with Gasteiger partial charge in [0.2, 0.25) is 0 Å². The van der Waals surface area contributed by atoms with Crippen LogP contribution in [0, 0.1) is 0 Å². The topological polar surface area (TPSA) is 49.3 Å². The summed E-state index contributed by atoms with van der Waals surface area (Å²) >= 11 is 0. The van der Waals surface area contributed by atoms with E-state index in [1.54, 1.807) is 24.5 Å². The van der Waals surface area contributed by atoms with Crippen LogP contribution in [-0.4, -0.2) is 54.4 Å². The zero-order valence-corrected chi connectivity index (χ0v) is 13.0. The molecule has 0 aromatic carbocycles. The fourth-order valence-corrected chi connectivity index (χ4v) is 2.39. The summed E-state index contributed by atoms with van der Waals surface area (Å²) in [6.45, 7) is 11.5. The van der Waals surface area contributed by atoms with Gasteiger partial charge in [0.1, 0.15) is 12.1 Å². The van der Waals surface area contributed by atoms with E-state index in [1.165, 1.54) is 0 Å². The lowest BCUT2D eigenvalue weighted by molar-refractivity contribution is -0.104. The summed E-state index contributed by atoms with van der Waals surface area (Å²) in [7, 11) is 2.13. The summed E-state index contributed by atoms with van der Waals surface area (Å²) < 4.78 is 0. The van der Waals surface area contributed by atoms with Crippen LogP contribution in [0.3, 0.4) is 0 Å². The summed E-state index contributed by atoms with van der Waals surface area (Å²) in [5.41, 5.74) is 1.84. The highest BCUT2D eigenvalue weighted by Crippen LogP contribution is 2.18. The van der Waals surface area contributed by atoms with Gasteiger partial charge in [0, 0.05) is 30.8 Å². The van der Waals surface area contributed by atoms with Gasteiger partial charge in [-0.05, 0) is 26.1 Å². The smallest absolute Gasteiger partial charge is 0.149 e. The van der Waals surface area contributed by atoms with Crippen LogP contribution in [0.1, 0.15) is 12.1 Å². The number of allylic oxidation sites excluding steroid dienone is 4. The van der Waals surface area contributed by atoms with Crippen molar-refractivity contribution >= 4 is 17.7 Å². The molecule has 2 rings (SSSR count). The third-order valence-corrected chi connectivity index (χ3v) is 3.67. The first kappa shape index (κ1) is 16.1. The molecule has 0 atom stereocenters. The highest BCUT2D eigenvalue weighted by atomic mass is 16.1. The highest BCUT2D eigenvalue weighted by Gasteiger charge is 2.14. The molecule has 5 heteroatoms. The van der Waals surface area contributed by atoms with Crippen molar-refractivity contribution in [1.29, 1.82) is 0 Å². The average Bonchev–Trinajstić information content (AvgIpc) is 2.77. The van der Waals surface area contributed by atoms with Gasteiger partial charge in [-0.3, -0.25) is 9.78 Å². The van der Waals surface area contributed by atoms with Crippen molar-refractivity contribution in [1.82, 2.24) is 14.9 Å². The molecule has 0 saturated carbocycles. The molecule has 22 heavy (non-hydrogen) atoms. The number of aldehydes is 1. The maximum absolute atomic E-state index is 10.7. The van der Waals surface area contributed by atoms with Crippen molar-refractivity contribution in [3.63, 3.8) is 0 Å². The summed E-state index contributed by atoms with van der Waals surface area (Å²) in [6, 6.07) is 0. The Balaban J connectivity index is 2.25. The quantitative estimate of drug-likeness (QED) is 0.472. The number of carbonyl (C=O) groups excluding carboxylic acids is 1. The highest BCUT2D eigenvalue weighted by molar-refractivity contribution is 5.84. The predicted octanol–water partition coefficient (Wildman–Crippen LogP) is 1.94. The molecule has 2 heterocycles. The molecule has 1 aromatic rings. The minimum atomic E-state index is 0.388. The molecule has 116 valence electrons. The molecule has 0 unspecified atom stereocenters. The SMILES string of the molecule is C=C/C(=C\C(=C)C=O)c1cncc(N2CCCN(C)CC2)n1. The van der Waals surface area contributed by atoms with Crippen molar-refractivity contribution in [2.45, 2.75) is 6.42 Å². The fourth-order valence-electron chi connectivity index (χ4n) is 2.39. The summed E-state index contributed by atoms with van der Waals surface area (Å²) in [6.07, 6.45) is 8.62. The number of nitrogens with zero attached hydrogens (tertiary/aromatic N) is 4. The molecule has 5 nitrogen and oxygen atoms in total. The Kier molecular flexibility index (Phi) is 5.61. The average molecular weight is 298 g/mol. The van der Waals surface area contributed by atoms with Crippen LogP contribution in [0.5, 0.6) is 0 Å². The Morgan fingerprint density at radius 3 is 2.82 bits per heavy atom. The van der Waals surface area contributed by atoms with E-state index in [4.69, 9.17) is 0 Å². The van der Waals surface area contributed by atoms with Crippen molar-refractivity contribution < 1.29 is 4.79 Å². The first-order chi connectivity index (χ1) is 10.6. The number of hydrogen-bond acceptors (Lipinski definition) is 5. The van der Waals surface area contributed by atoms with Gasteiger partial charge in [-0.15, -0.1) is 0 Å². The van der Waals surface area contributed by atoms with Crippen LogP contribution in [0.4, 0.5) is 5.82 Å². The first-order valence-corrected chi connectivity index (χ1v) is 7.38. The van der Waals surface area contributed by atoms with Crippen LogP contribution in [0.25, 0.3) is 5.57 Å². The maximum atomic E-state index is 10.7. The van der Waals surface area contributed by atoms with E-state index in [0.29, 0.717) is 17.6 Å². The molecule has 0 radical (unpaired) electrons. The van der Waals surface area contributed by atoms with E-state index >= 15 is 0 Å². The van der Waals surface area contributed by atoms with Gasteiger partial charge >= 0.3 is 0 Å². The molecule has 0 N–H and O–H groups in total. The number of hydrogen-bond donors (Lipinski definition) is 0. The lowest BCUT2D eigenvalue weighted by atomic mass is 10.1. The molecular formula is C17H22N4O. The van der Waals surface area contributed by atoms with Crippen molar-refractivity contribution in [3.05, 3.63) is 49.0 Å². The number of rotatable bonds is 5. The van der Waals surface area contributed by atoms with Crippen molar-refractivity contribution in [2.24, 2.45) is 0 Å². The predicted molar refractivity (Wildman–Crippen MR) is 89.7 cm³/mol. The molecule has 1 aliphatic heterocycles. The second kappa shape index (κ2) is 7.66. The minimum absolute atomic E-state index is 0.388. The lowest BCUT2D eigenvalue weighted by Crippen LogP contribution is -2.29. The van der Waals surface area contributed by atoms with Gasteiger partial charge in [0.15, 0.2) is 0 Å². The summed E-state index contributed by atoms with van der Waals surface area (Å²) in [5.74, 6) is 0.859. The van der Waals surface area contributed by atoms with Crippen LogP contribution < -0.4 is 4.90 Å². The molecule has 0 amide bonds. The first-order valence-electron chi connectivity index (χ1n) is 7.38. The Hall–Kier alpha value is -2.27. The monoisotopic (exact) mass is 298 g/mol. The fraction of sp³-hybridized carbons (Fsp3) is 0.353. The van der Waals surface area contributed by atoms with Gasteiger partial charge < -0.3 is 9.80 Å². The van der Waals surface area contributed by atoms with Crippen molar-refractivity contribution in [3.8, 4) is 0 Å². The van der Waals surface area contributed by atoms with Crippen molar-refractivity contribution in [2.75, 3.05) is 38.1 Å². The molecule has 0 bridgehead atoms. The minimum Gasteiger partial charge on any atom is -0.354 e. The second-order valence-electron chi connectivity index (χ2n) is 5.40. The van der Waals surface area contributed by atoms with E-state index < -0.39 is 0 Å². The van der Waals surface area contributed by atoms with E-state index in [1.807, 2.05) is 0 Å². The molecule has 1 aliphatic rings. The van der Waals surface area contributed by atoms with E-state index in [0.717, 1.165) is 44.0 Å². The Morgan fingerprint density at radius 2 is 2.09 bits per heavy atom. The Labute approximate surface area is 131 Å². The molecular weight excluding hydrogens is 276 g/mol. The molecule has 1 saturated heterocycles. The zero-order valence-electron chi connectivity index (χ0n) is 13.0. The molecule has 0 spiro atoms. The van der Waals surface area contributed by atoms with Crippen LogP contribution in [0.2, 0.25) is 0 Å². The largest absolute Gasteiger partial charge is 0.354 e. The summed E-state index contributed by atoms with van der Waals surface area (Å²) in [5, 5.41) is 0. The number of likely N-dealkylation sites (N-methyl/N-ethyl adjacent to an activating group) is 1. The van der Waals surface area contributed by atoms with Gasteiger partial charge in [-0.1, -0.05) is 19.2 Å². The van der Waals surface area contributed by atoms with E-state index in [9.17, 15) is 4.79 Å². The van der Waals surface area contributed by atoms with Crippen LogP contribution in [-0.2, 0) is 4.79 Å². The third kappa shape index (κ3) is 4.11. The van der Waals surface area contributed by atoms with Gasteiger partial charge in [-0.25, -0.2) is 4.98 Å². The van der Waals surface area contributed by atoms with E-state index in [2.05, 4.69) is 40.0 Å². The standard InChI is InChI=1S/C17H22N4O/c1-4-15(10-14(2)13-22)16-11-18-12-17(19-16)21-7-5-6-20(3)8-9-21/h4,10-13H,1-2,5-9H2,3H3/b15-10+. The molecule has 0 aliphatic carbocycles. The third-order valence-electron chi connectivity index (χ3n) is 3.67. The van der Waals surface area contributed by atoms with Gasteiger partial charge in [0.25, 0.3) is 0 Å². The lowest BCUT2D eigenvalue weighted by Gasteiger charge is -2.21. The molecule has 1 aromatic heterocycles. The number of carbonyl (C=O) groups is 1. The number of aromatic nitrogens is 2. The second-order valence-corrected chi connectivity index (χ2v) is 5.40. The number of anilines is 1. The van der Waals surface area contributed by atoms with E-state index in [-0.39, 0.29) is 0 Å². The Morgan fingerprint density at radius 1 is 1.27 bits per heavy atom. The summed E-state index contributed by atoms with van der Waals surface area (Å²) in [4.78, 5) is 24.3. The normalized spacial score (nSPS) is 17.0. The zero-order chi connectivity index (χ0) is 15.9. The van der Waals surface area contributed by atoms with Crippen LogP contribution in [0.15, 0.2) is 43.3 Å². The molecule has 1 fully saturated rings. The van der Waals surface area contributed by atoms with Crippen LogP contribution >= 0.6 is 0 Å². The maximum Gasteiger partial charge on any atom is 0.149 e. The Bertz CT molecular complexity index is 594.